The Labute approximate surface area is 257 Å². The zero-order valence-electron chi connectivity index (χ0n) is 23.9. The SMILES string of the molecule is CC(C)CN1CCc2c(ccc3c2CCC[C@H]3n2cc(C[C@@H]3C(=O)NCCN3S(=O)(=O)c3ccc(Cl)c(Cl)c3)nn2)C1. The zero-order chi connectivity index (χ0) is 29.6. The van der Waals surface area contributed by atoms with Gasteiger partial charge in [-0.3, -0.25) is 9.69 Å². The summed E-state index contributed by atoms with van der Waals surface area (Å²) in [5, 5.41) is 12.1. The third kappa shape index (κ3) is 5.71. The van der Waals surface area contributed by atoms with Gasteiger partial charge in [-0.05, 0) is 72.1 Å². The van der Waals surface area contributed by atoms with Crippen molar-refractivity contribution in [1.29, 1.82) is 0 Å². The number of benzene rings is 2. The van der Waals surface area contributed by atoms with Crippen LogP contribution in [0.4, 0.5) is 0 Å². The number of hydrogen-bond acceptors (Lipinski definition) is 6. The van der Waals surface area contributed by atoms with Crippen LogP contribution in [0.15, 0.2) is 41.4 Å². The zero-order valence-corrected chi connectivity index (χ0v) is 26.2. The molecule has 1 saturated heterocycles. The lowest BCUT2D eigenvalue weighted by atomic mass is 9.81. The predicted molar refractivity (Wildman–Crippen MR) is 162 cm³/mol. The van der Waals surface area contributed by atoms with Gasteiger partial charge in [0.1, 0.15) is 6.04 Å². The number of amides is 1. The fourth-order valence-electron chi connectivity index (χ4n) is 6.70. The van der Waals surface area contributed by atoms with Crippen LogP contribution < -0.4 is 5.32 Å². The van der Waals surface area contributed by atoms with Gasteiger partial charge in [0.2, 0.25) is 15.9 Å². The van der Waals surface area contributed by atoms with Crippen molar-refractivity contribution in [2.45, 2.75) is 69.5 Å². The van der Waals surface area contributed by atoms with Gasteiger partial charge in [0, 0.05) is 45.3 Å². The monoisotopic (exact) mass is 630 g/mol. The summed E-state index contributed by atoms with van der Waals surface area (Å²) in [6.07, 6.45) is 6.15. The molecule has 9 nitrogen and oxygen atoms in total. The number of nitrogens with zero attached hydrogens (tertiary/aromatic N) is 5. The Morgan fingerprint density at radius 3 is 2.69 bits per heavy atom. The molecule has 2 aromatic carbocycles. The highest BCUT2D eigenvalue weighted by atomic mass is 35.5. The summed E-state index contributed by atoms with van der Waals surface area (Å²) in [7, 11) is -4.01. The van der Waals surface area contributed by atoms with Crippen molar-refractivity contribution in [3.05, 3.63) is 74.5 Å². The summed E-state index contributed by atoms with van der Waals surface area (Å²) in [6.45, 7) is 8.11. The van der Waals surface area contributed by atoms with Crippen LogP contribution in [0.3, 0.4) is 0 Å². The maximum atomic E-state index is 13.6. The lowest BCUT2D eigenvalue weighted by Crippen LogP contribution is -2.57. The van der Waals surface area contributed by atoms with E-state index >= 15 is 0 Å². The molecule has 2 atom stereocenters. The molecule has 3 aliphatic rings. The summed E-state index contributed by atoms with van der Waals surface area (Å²) >= 11 is 12.1. The van der Waals surface area contributed by atoms with E-state index < -0.39 is 16.1 Å². The molecule has 12 heteroatoms. The van der Waals surface area contributed by atoms with Gasteiger partial charge in [-0.1, -0.05) is 54.4 Å². The van der Waals surface area contributed by atoms with Crippen molar-refractivity contribution < 1.29 is 13.2 Å². The summed E-state index contributed by atoms with van der Waals surface area (Å²) in [6, 6.07) is 7.83. The maximum absolute atomic E-state index is 13.6. The highest BCUT2D eigenvalue weighted by Crippen LogP contribution is 2.37. The average Bonchev–Trinajstić information content (AvgIpc) is 3.43. The van der Waals surface area contributed by atoms with Gasteiger partial charge in [-0.2, -0.15) is 4.31 Å². The Morgan fingerprint density at radius 2 is 1.90 bits per heavy atom. The molecule has 42 heavy (non-hydrogen) atoms. The van der Waals surface area contributed by atoms with Crippen LogP contribution in [0.25, 0.3) is 0 Å². The van der Waals surface area contributed by atoms with Gasteiger partial charge in [-0.25, -0.2) is 13.1 Å². The second-order valence-corrected chi connectivity index (χ2v) is 14.7. The molecular weight excluding hydrogens is 595 g/mol. The Hall–Kier alpha value is -2.50. The van der Waals surface area contributed by atoms with Crippen LogP contribution in [0.5, 0.6) is 0 Å². The van der Waals surface area contributed by atoms with Crippen LogP contribution >= 0.6 is 23.2 Å². The first-order valence-electron chi connectivity index (χ1n) is 14.6. The van der Waals surface area contributed by atoms with Gasteiger partial charge in [0.15, 0.2) is 0 Å². The first-order valence-corrected chi connectivity index (χ1v) is 16.8. The van der Waals surface area contributed by atoms with Crippen molar-refractivity contribution in [2.24, 2.45) is 5.92 Å². The smallest absolute Gasteiger partial charge is 0.243 e. The molecule has 0 spiro atoms. The van der Waals surface area contributed by atoms with Crippen LogP contribution in [0.1, 0.15) is 60.7 Å². The average molecular weight is 632 g/mol. The van der Waals surface area contributed by atoms with Crippen molar-refractivity contribution in [1.82, 2.24) is 29.5 Å². The number of aromatic nitrogens is 3. The Bertz CT molecular complexity index is 1610. The first kappa shape index (κ1) is 29.6. The normalized spacial score (nSPS) is 21.7. The molecule has 2 aliphatic heterocycles. The summed E-state index contributed by atoms with van der Waals surface area (Å²) in [4.78, 5) is 15.5. The lowest BCUT2D eigenvalue weighted by molar-refractivity contribution is -0.126. The minimum absolute atomic E-state index is 0.00488. The third-order valence-electron chi connectivity index (χ3n) is 8.58. The standard InChI is InChI=1S/C30H36Cl2N6O3S/c1-19(2)16-36-12-10-23-20(17-36)6-8-25-24(23)4-3-5-28(25)37-18-21(34-35-37)14-29-30(39)33-11-13-38(29)42(40,41)22-7-9-26(31)27(32)15-22/h6-9,15,18-19,28-29H,3-5,10-14,16-17H2,1-2H3,(H,33,39)/t28-,29-/m1/s1. The minimum Gasteiger partial charge on any atom is -0.353 e. The summed E-state index contributed by atoms with van der Waals surface area (Å²) < 4.78 is 30.3. The Balaban J connectivity index is 1.23. The molecule has 3 aromatic rings. The van der Waals surface area contributed by atoms with E-state index in [0.29, 0.717) is 11.6 Å². The molecule has 224 valence electrons. The number of carbonyl (C=O) groups is 1. The molecule has 6 rings (SSSR count). The van der Waals surface area contributed by atoms with Crippen LogP contribution in [0, 0.1) is 5.92 Å². The van der Waals surface area contributed by atoms with E-state index in [4.69, 9.17) is 23.2 Å². The second-order valence-electron chi connectivity index (χ2n) is 12.0. The van der Waals surface area contributed by atoms with Crippen molar-refractivity contribution in [3.8, 4) is 0 Å². The van der Waals surface area contributed by atoms with Gasteiger partial charge in [0.05, 0.1) is 26.7 Å². The first-order chi connectivity index (χ1) is 20.1. The van der Waals surface area contributed by atoms with E-state index in [1.165, 1.54) is 44.8 Å². The van der Waals surface area contributed by atoms with Crippen LogP contribution in [-0.2, 0) is 40.6 Å². The summed E-state index contributed by atoms with van der Waals surface area (Å²) in [5.74, 6) is 0.290. The number of rotatable bonds is 7. The van der Waals surface area contributed by atoms with E-state index in [0.717, 1.165) is 45.3 Å². The van der Waals surface area contributed by atoms with Crippen molar-refractivity contribution >= 4 is 39.1 Å². The van der Waals surface area contributed by atoms with Crippen molar-refractivity contribution in [2.75, 3.05) is 26.2 Å². The van der Waals surface area contributed by atoms with E-state index in [1.807, 2.05) is 10.9 Å². The molecule has 3 heterocycles. The van der Waals surface area contributed by atoms with Gasteiger partial charge >= 0.3 is 0 Å². The second kappa shape index (κ2) is 11.9. The van der Waals surface area contributed by atoms with E-state index in [1.54, 1.807) is 0 Å². The van der Waals surface area contributed by atoms with Gasteiger partial charge in [-0.15, -0.1) is 5.10 Å². The number of nitrogens with one attached hydrogen (secondary N) is 1. The molecule has 1 aromatic heterocycles. The molecule has 0 saturated carbocycles. The molecule has 1 N–H and O–H groups in total. The van der Waals surface area contributed by atoms with Crippen LogP contribution in [-0.4, -0.2) is 70.7 Å². The number of halogens is 2. The fourth-order valence-corrected chi connectivity index (χ4v) is 8.67. The largest absolute Gasteiger partial charge is 0.353 e. The lowest BCUT2D eigenvalue weighted by Gasteiger charge is -2.34. The minimum atomic E-state index is -4.01. The molecule has 1 amide bonds. The number of piperazine rings is 1. The van der Waals surface area contributed by atoms with E-state index in [9.17, 15) is 13.2 Å². The quantitative estimate of drug-likeness (QED) is 0.419. The predicted octanol–water partition coefficient (Wildman–Crippen LogP) is 4.26. The number of carbonyl (C=O) groups excluding carboxylic acids is 1. The number of hydrogen-bond donors (Lipinski definition) is 1. The van der Waals surface area contributed by atoms with E-state index in [-0.39, 0.29) is 46.4 Å². The highest BCUT2D eigenvalue weighted by Gasteiger charge is 2.39. The topological polar surface area (TPSA) is 100 Å². The van der Waals surface area contributed by atoms with Gasteiger partial charge in [0.25, 0.3) is 0 Å². The Morgan fingerprint density at radius 1 is 1.07 bits per heavy atom. The van der Waals surface area contributed by atoms with Gasteiger partial charge < -0.3 is 5.32 Å². The molecule has 1 fully saturated rings. The maximum Gasteiger partial charge on any atom is 0.243 e. The van der Waals surface area contributed by atoms with E-state index in [2.05, 4.69) is 46.5 Å². The highest BCUT2D eigenvalue weighted by molar-refractivity contribution is 7.89. The summed E-state index contributed by atoms with van der Waals surface area (Å²) in [5.41, 5.74) is 6.26. The molecule has 0 radical (unpaired) electrons. The number of fused-ring (bicyclic) bond motifs is 3. The third-order valence-corrected chi connectivity index (χ3v) is 11.2. The number of sulfonamides is 1. The molecule has 0 bridgehead atoms. The van der Waals surface area contributed by atoms with Crippen LogP contribution in [0.2, 0.25) is 10.0 Å². The Kier molecular flexibility index (Phi) is 8.36. The fraction of sp³-hybridized carbons (Fsp3) is 0.500. The molecule has 1 aliphatic carbocycles. The molecule has 0 unspecified atom stereocenters. The molecular formula is C30H36Cl2N6O3S. The van der Waals surface area contributed by atoms with Crippen molar-refractivity contribution in [3.63, 3.8) is 0 Å².